The van der Waals surface area contributed by atoms with Crippen LogP contribution in [0.25, 0.3) is 0 Å². The van der Waals surface area contributed by atoms with Crippen LogP contribution in [-0.4, -0.2) is 18.0 Å². The molecule has 2 fully saturated rings. The average molecular weight is 156 g/mol. The van der Waals surface area contributed by atoms with E-state index in [0.717, 1.165) is 0 Å². The van der Waals surface area contributed by atoms with E-state index in [1.807, 2.05) is 0 Å². The van der Waals surface area contributed by atoms with Crippen LogP contribution in [-0.2, 0) is 9.47 Å². The second-order valence-corrected chi connectivity index (χ2v) is 4.29. The molecule has 11 heavy (non-hydrogen) atoms. The highest BCUT2D eigenvalue weighted by Crippen LogP contribution is 2.59. The monoisotopic (exact) mass is 156 g/mol. The van der Waals surface area contributed by atoms with Crippen molar-refractivity contribution in [2.24, 2.45) is 11.8 Å². The van der Waals surface area contributed by atoms with Gasteiger partial charge in [-0.15, -0.1) is 0 Å². The number of rotatable bonds is 2. The van der Waals surface area contributed by atoms with Crippen LogP contribution in [0.2, 0.25) is 0 Å². The van der Waals surface area contributed by atoms with E-state index in [0.29, 0.717) is 24.0 Å². The van der Waals surface area contributed by atoms with Gasteiger partial charge in [-0.2, -0.15) is 0 Å². The summed E-state index contributed by atoms with van der Waals surface area (Å²) in [6.45, 7) is 8.72. The Morgan fingerprint density at radius 3 is 1.45 bits per heavy atom. The molecule has 2 aliphatic rings. The van der Waals surface area contributed by atoms with Gasteiger partial charge in [-0.25, -0.2) is 0 Å². The van der Waals surface area contributed by atoms with Gasteiger partial charge in [-0.3, -0.25) is 0 Å². The van der Waals surface area contributed by atoms with E-state index in [9.17, 15) is 0 Å². The van der Waals surface area contributed by atoms with Crippen molar-refractivity contribution in [3.05, 3.63) is 0 Å². The van der Waals surface area contributed by atoms with Gasteiger partial charge in [-0.05, 0) is 11.8 Å². The summed E-state index contributed by atoms with van der Waals surface area (Å²) in [5.74, 6) is 1.07. The molecule has 0 aromatic rings. The summed E-state index contributed by atoms with van der Waals surface area (Å²) in [7, 11) is 0. The Bertz CT molecular complexity index is 154. The smallest absolute Gasteiger partial charge is 0.223 e. The lowest BCUT2D eigenvalue weighted by atomic mass is 10.0. The summed E-state index contributed by atoms with van der Waals surface area (Å²) >= 11 is 0. The summed E-state index contributed by atoms with van der Waals surface area (Å²) < 4.78 is 11.1. The fourth-order valence-electron chi connectivity index (χ4n) is 1.85. The van der Waals surface area contributed by atoms with Crippen molar-refractivity contribution in [1.29, 1.82) is 0 Å². The van der Waals surface area contributed by atoms with E-state index < -0.39 is 0 Å². The molecule has 0 aromatic carbocycles. The summed E-state index contributed by atoms with van der Waals surface area (Å²) in [4.78, 5) is 0. The van der Waals surface area contributed by atoms with Crippen molar-refractivity contribution < 1.29 is 9.47 Å². The number of hydrogen-bond donors (Lipinski definition) is 0. The summed E-state index contributed by atoms with van der Waals surface area (Å²) in [5, 5.41) is 0. The van der Waals surface area contributed by atoms with Gasteiger partial charge in [0.2, 0.25) is 5.79 Å². The van der Waals surface area contributed by atoms with Gasteiger partial charge >= 0.3 is 0 Å². The zero-order valence-corrected chi connectivity index (χ0v) is 7.63. The number of hydrogen-bond acceptors (Lipinski definition) is 2. The lowest BCUT2D eigenvalue weighted by molar-refractivity contribution is 0.241. The molecule has 0 radical (unpaired) electrons. The molecule has 2 atom stereocenters. The van der Waals surface area contributed by atoms with Crippen molar-refractivity contribution in [2.75, 3.05) is 0 Å². The molecule has 0 aliphatic carbocycles. The van der Waals surface area contributed by atoms with Crippen LogP contribution < -0.4 is 0 Å². The molecular formula is C9H16O2. The Morgan fingerprint density at radius 1 is 0.909 bits per heavy atom. The third kappa shape index (κ3) is 0.926. The maximum Gasteiger partial charge on any atom is 0.223 e. The molecule has 2 rings (SSSR count). The second kappa shape index (κ2) is 1.99. The van der Waals surface area contributed by atoms with E-state index in [4.69, 9.17) is 9.47 Å². The van der Waals surface area contributed by atoms with E-state index in [1.165, 1.54) is 0 Å². The summed E-state index contributed by atoms with van der Waals surface area (Å²) in [6, 6.07) is 0. The highest BCUT2D eigenvalue weighted by molar-refractivity contribution is 5.13. The van der Waals surface area contributed by atoms with Crippen LogP contribution in [0.1, 0.15) is 27.7 Å². The molecule has 2 unspecified atom stereocenters. The Kier molecular flexibility index (Phi) is 1.37. The van der Waals surface area contributed by atoms with Crippen molar-refractivity contribution >= 4 is 0 Å². The minimum absolute atomic E-state index is 0.123. The fourth-order valence-corrected chi connectivity index (χ4v) is 1.85. The minimum Gasteiger partial charge on any atom is -0.336 e. The maximum atomic E-state index is 5.53. The van der Waals surface area contributed by atoms with E-state index >= 15 is 0 Å². The van der Waals surface area contributed by atoms with Crippen molar-refractivity contribution in [3.8, 4) is 0 Å². The molecule has 0 amide bonds. The quantitative estimate of drug-likeness (QED) is 0.569. The van der Waals surface area contributed by atoms with Gasteiger partial charge in [0, 0.05) is 0 Å². The first-order valence-electron chi connectivity index (χ1n) is 4.43. The number of ether oxygens (including phenoxy) is 2. The molecule has 2 saturated heterocycles. The molecule has 2 nitrogen and oxygen atoms in total. The van der Waals surface area contributed by atoms with Crippen molar-refractivity contribution in [2.45, 2.75) is 45.7 Å². The Hall–Kier alpha value is -0.0800. The van der Waals surface area contributed by atoms with E-state index in [2.05, 4.69) is 27.7 Å². The molecule has 0 bridgehead atoms. The summed E-state index contributed by atoms with van der Waals surface area (Å²) in [6.07, 6.45) is 0.741. The normalized spacial score (nSPS) is 47.5. The van der Waals surface area contributed by atoms with Crippen molar-refractivity contribution in [1.82, 2.24) is 0 Å². The molecule has 0 N–H and O–H groups in total. The predicted octanol–water partition coefficient (Wildman–Crippen LogP) is 1.79. The third-order valence-corrected chi connectivity index (χ3v) is 2.51. The predicted molar refractivity (Wildman–Crippen MR) is 42.2 cm³/mol. The SMILES string of the molecule is CC(C)C1OC12OC2C(C)C. The average Bonchev–Trinajstić information content (AvgIpc) is 2.72. The first-order chi connectivity index (χ1) is 5.08. The Labute approximate surface area is 67.9 Å². The van der Waals surface area contributed by atoms with Crippen LogP contribution in [0.4, 0.5) is 0 Å². The minimum atomic E-state index is -0.123. The van der Waals surface area contributed by atoms with Gasteiger partial charge in [-0.1, -0.05) is 27.7 Å². The third-order valence-electron chi connectivity index (χ3n) is 2.51. The molecule has 2 heteroatoms. The molecular weight excluding hydrogens is 140 g/mol. The summed E-state index contributed by atoms with van der Waals surface area (Å²) in [5.41, 5.74) is 0. The topological polar surface area (TPSA) is 25.1 Å². The molecule has 0 saturated carbocycles. The van der Waals surface area contributed by atoms with Crippen LogP contribution >= 0.6 is 0 Å². The maximum absolute atomic E-state index is 5.53. The fraction of sp³-hybridized carbons (Fsp3) is 1.00. The lowest BCUT2D eigenvalue weighted by Gasteiger charge is -1.95. The number of epoxide rings is 2. The highest BCUT2D eigenvalue weighted by atomic mass is 16.9. The van der Waals surface area contributed by atoms with Crippen LogP contribution in [0, 0.1) is 11.8 Å². The van der Waals surface area contributed by atoms with Gasteiger partial charge in [0.25, 0.3) is 0 Å². The first kappa shape index (κ1) is 7.56. The van der Waals surface area contributed by atoms with E-state index in [1.54, 1.807) is 0 Å². The standard InChI is InChI=1S/C9H16O2/c1-5(2)7-9(10-7)8(11-9)6(3)4/h5-8H,1-4H3. The molecule has 2 aliphatic heterocycles. The highest BCUT2D eigenvalue weighted by Gasteiger charge is 2.77. The second-order valence-electron chi connectivity index (χ2n) is 4.29. The van der Waals surface area contributed by atoms with E-state index in [-0.39, 0.29) is 5.79 Å². The van der Waals surface area contributed by atoms with Crippen LogP contribution in [0.15, 0.2) is 0 Å². The Morgan fingerprint density at radius 2 is 1.27 bits per heavy atom. The molecule has 64 valence electrons. The van der Waals surface area contributed by atoms with Gasteiger partial charge in [0.15, 0.2) is 0 Å². The zero-order chi connectivity index (χ0) is 8.22. The zero-order valence-electron chi connectivity index (χ0n) is 7.63. The largest absolute Gasteiger partial charge is 0.336 e. The van der Waals surface area contributed by atoms with Gasteiger partial charge < -0.3 is 9.47 Å². The molecule has 0 aromatic heterocycles. The Balaban J connectivity index is 1.92. The molecule has 2 heterocycles. The molecule has 1 spiro atoms. The van der Waals surface area contributed by atoms with Crippen molar-refractivity contribution in [3.63, 3.8) is 0 Å². The van der Waals surface area contributed by atoms with Gasteiger partial charge in [0.05, 0.1) is 0 Å². The lowest BCUT2D eigenvalue weighted by Crippen LogP contribution is -2.10. The first-order valence-corrected chi connectivity index (χ1v) is 4.43. The van der Waals surface area contributed by atoms with Gasteiger partial charge in [0.1, 0.15) is 12.2 Å². The van der Waals surface area contributed by atoms with Crippen LogP contribution in [0.3, 0.4) is 0 Å². The van der Waals surface area contributed by atoms with Crippen LogP contribution in [0.5, 0.6) is 0 Å².